The average molecular weight is 516 g/mol. The van der Waals surface area contributed by atoms with Crippen molar-refractivity contribution in [2.24, 2.45) is 4.99 Å². The van der Waals surface area contributed by atoms with E-state index in [2.05, 4.69) is 41.6 Å². The molecule has 1 heterocycles. The minimum Gasteiger partial charge on any atom is -0.497 e. The summed E-state index contributed by atoms with van der Waals surface area (Å²) in [5, 5.41) is 10.8. The molecular weight excluding hydrogens is 483 g/mol. The van der Waals surface area contributed by atoms with Gasteiger partial charge in [0.1, 0.15) is 17.3 Å². The van der Waals surface area contributed by atoms with Gasteiger partial charge in [-0.2, -0.15) is 0 Å². The first kappa shape index (κ1) is 25.1. The van der Waals surface area contributed by atoms with Gasteiger partial charge >= 0.3 is 0 Å². The summed E-state index contributed by atoms with van der Waals surface area (Å²) in [5.74, 6) is 3.31. The van der Waals surface area contributed by atoms with E-state index in [9.17, 15) is 0 Å². The standard InChI is InChI=1S/C21H32N4O3.HI/c1-5-19-18(20(6-2)28-25-19)15-24-21(22-7-3)23-12-9-13-27-17-11-8-10-16(14-17)26-4;/h8,10-11,14H,5-7,9,12-13,15H2,1-4H3,(H2,22,23,24);1H. The van der Waals surface area contributed by atoms with E-state index in [4.69, 9.17) is 14.0 Å². The summed E-state index contributed by atoms with van der Waals surface area (Å²) in [7, 11) is 1.65. The molecule has 29 heavy (non-hydrogen) atoms. The van der Waals surface area contributed by atoms with E-state index in [0.29, 0.717) is 13.2 Å². The van der Waals surface area contributed by atoms with Crippen LogP contribution in [0, 0.1) is 0 Å². The number of hydrogen-bond donors (Lipinski definition) is 2. The van der Waals surface area contributed by atoms with Crippen LogP contribution in [-0.2, 0) is 19.4 Å². The fourth-order valence-electron chi connectivity index (χ4n) is 2.78. The Balaban J connectivity index is 0.00000420. The van der Waals surface area contributed by atoms with Gasteiger partial charge in [-0.15, -0.1) is 24.0 Å². The summed E-state index contributed by atoms with van der Waals surface area (Å²) in [5.41, 5.74) is 2.09. The van der Waals surface area contributed by atoms with E-state index in [-0.39, 0.29) is 24.0 Å². The monoisotopic (exact) mass is 516 g/mol. The van der Waals surface area contributed by atoms with Gasteiger partial charge in [0.05, 0.1) is 26.0 Å². The third-order valence-electron chi connectivity index (χ3n) is 4.27. The second-order valence-corrected chi connectivity index (χ2v) is 6.24. The highest BCUT2D eigenvalue weighted by Gasteiger charge is 2.13. The summed E-state index contributed by atoms with van der Waals surface area (Å²) in [6, 6.07) is 7.63. The van der Waals surface area contributed by atoms with Gasteiger partial charge < -0.3 is 24.6 Å². The molecule has 2 aromatic rings. The number of guanidine groups is 1. The Hall–Kier alpha value is -1.97. The van der Waals surface area contributed by atoms with Crippen LogP contribution in [0.4, 0.5) is 0 Å². The van der Waals surface area contributed by atoms with Crippen LogP contribution in [0.25, 0.3) is 0 Å². The lowest BCUT2D eigenvalue weighted by molar-refractivity contribution is 0.308. The van der Waals surface area contributed by atoms with Crippen molar-refractivity contribution in [1.82, 2.24) is 15.8 Å². The lowest BCUT2D eigenvalue weighted by Crippen LogP contribution is -2.38. The zero-order valence-corrected chi connectivity index (χ0v) is 20.1. The van der Waals surface area contributed by atoms with Gasteiger partial charge in [0.25, 0.3) is 0 Å². The number of aryl methyl sites for hydroxylation is 2. The van der Waals surface area contributed by atoms with Crippen molar-refractivity contribution in [3.63, 3.8) is 0 Å². The van der Waals surface area contributed by atoms with Gasteiger partial charge in [-0.3, -0.25) is 0 Å². The molecule has 0 atom stereocenters. The molecule has 162 valence electrons. The van der Waals surface area contributed by atoms with Gasteiger partial charge in [0.2, 0.25) is 0 Å². The van der Waals surface area contributed by atoms with Crippen molar-refractivity contribution in [1.29, 1.82) is 0 Å². The number of nitrogens with one attached hydrogen (secondary N) is 2. The Labute approximate surface area is 190 Å². The second kappa shape index (κ2) is 14.1. The summed E-state index contributed by atoms with van der Waals surface area (Å²) in [4.78, 5) is 4.69. The van der Waals surface area contributed by atoms with Gasteiger partial charge in [0.15, 0.2) is 5.96 Å². The highest BCUT2D eigenvalue weighted by Crippen LogP contribution is 2.19. The Kier molecular flexibility index (Phi) is 12.2. The predicted molar refractivity (Wildman–Crippen MR) is 127 cm³/mol. The normalized spacial score (nSPS) is 11.0. The molecule has 0 radical (unpaired) electrons. The molecule has 0 aliphatic heterocycles. The smallest absolute Gasteiger partial charge is 0.191 e. The van der Waals surface area contributed by atoms with Crippen LogP contribution in [0.3, 0.4) is 0 Å². The quantitative estimate of drug-likeness (QED) is 0.204. The van der Waals surface area contributed by atoms with Crippen LogP contribution in [0.1, 0.15) is 44.2 Å². The number of benzene rings is 1. The lowest BCUT2D eigenvalue weighted by Gasteiger charge is -2.12. The molecule has 0 bridgehead atoms. The molecule has 0 saturated carbocycles. The summed E-state index contributed by atoms with van der Waals surface area (Å²) >= 11 is 0. The maximum atomic E-state index is 5.77. The molecule has 0 aliphatic carbocycles. The Morgan fingerprint density at radius 1 is 1.14 bits per heavy atom. The van der Waals surface area contributed by atoms with Crippen molar-refractivity contribution in [2.45, 2.75) is 46.6 Å². The Bertz CT molecular complexity index is 728. The molecule has 2 N–H and O–H groups in total. The van der Waals surface area contributed by atoms with Gasteiger partial charge in [-0.25, -0.2) is 4.99 Å². The van der Waals surface area contributed by atoms with Crippen LogP contribution in [0.5, 0.6) is 11.5 Å². The second-order valence-electron chi connectivity index (χ2n) is 6.24. The van der Waals surface area contributed by atoms with E-state index in [0.717, 1.165) is 66.8 Å². The number of rotatable bonds is 11. The fourth-order valence-corrected chi connectivity index (χ4v) is 2.78. The maximum Gasteiger partial charge on any atom is 0.191 e. The fraction of sp³-hybridized carbons (Fsp3) is 0.524. The summed E-state index contributed by atoms with van der Waals surface area (Å²) in [6.45, 7) is 8.95. The number of halogens is 1. The molecule has 0 unspecified atom stereocenters. The molecule has 0 spiro atoms. The van der Waals surface area contributed by atoms with Crippen LogP contribution in [0.2, 0.25) is 0 Å². The molecular formula is C21H33IN4O3. The van der Waals surface area contributed by atoms with E-state index in [1.54, 1.807) is 7.11 Å². The minimum atomic E-state index is 0. The molecule has 0 amide bonds. The largest absolute Gasteiger partial charge is 0.497 e. The van der Waals surface area contributed by atoms with E-state index in [1.165, 1.54) is 0 Å². The van der Waals surface area contributed by atoms with Crippen molar-refractivity contribution < 1.29 is 14.0 Å². The average Bonchev–Trinajstić information content (AvgIpc) is 3.13. The zero-order chi connectivity index (χ0) is 20.2. The number of nitrogens with zero attached hydrogens (tertiary/aromatic N) is 2. The number of aliphatic imine (C=N–C) groups is 1. The van der Waals surface area contributed by atoms with Crippen LogP contribution in [-0.4, -0.2) is 37.9 Å². The summed E-state index contributed by atoms with van der Waals surface area (Å²) in [6.07, 6.45) is 2.53. The zero-order valence-electron chi connectivity index (χ0n) is 17.8. The first-order valence-electron chi connectivity index (χ1n) is 9.97. The Morgan fingerprint density at radius 3 is 2.62 bits per heavy atom. The molecule has 0 saturated heterocycles. The van der Waals surface area contributed by atoms with Crippen LogP contribution >= 0.6 is 24.0 Å². The molecule has 7 nitrogen and oxygen atoms in total. The van der Waals surface area contributed by atoms with E-state index in [1.807, 2.05) is 24.3 Å². The number of methoxy groups -OCH3 is 1. The first-order chi connectivity index (χ1) is 13.7. The third kappa shape index (κ3) is 8.12. The predicted octanol–water partition coefficient (Wildman–Crippen LogP) is 3.95. The van der Waals surface area contributed by atoms with Gasteiger partial charge in [-0.05, 0) is 31.9 Å². The Morgan fingerprint density at radius 2 is 1.93 bits per heavy atom. The van der Waals surface area contributed by atoms with Crippen molar-refractivity contribution in [3.8, 4) is 11.5 Å². The molecule has 1 aromatic heterocycles. The van der Waals surface area contributed by atoms with Crippen LogP contribution < -0.4 is 20.1 Å². The molecule has 0 fully saturated rings. The molecule has 8 heteroatoms. The topological polar surface area (TPSA) is 80.9 Å². The highest BCUT2D eigenvalue weighted by atomic mass is 127. The SMILES string of the molecule is CCNC(=NCc1c(CC)noc1CC)NCCCOc1cccc(OC)c1.I. The van der Waals surface area contributed by atoms with E-state index >= 15 is 0 Å². The number of ether oxygens (including phenoxy) is 2. The van der Waals surface area contributed by atoms with Crippen LogP contribution in [0.15, 0.2) is 33.8 Å². The first-order valence-corrected chi connectivity index (χ1v) is 9.97. The molecule has 1 aromatic carbocycles. The molecule has 2 rings (SSSR count). The van der Waals surface area contributed by atoms with Crippen molar-refractivity contribution >= 4 is 29.9 Å². The maximum absolute atomic E-state index is 5.77. The van der Waals surface area contributed by atoms with Crippen molar-refractivity contribution in [2.75, 3.05) is 26.8 Å². The highest BCUT2D eigenvalue weighted by molar-refractivity contribution is 14.0. The van der Waals surface area contributed by atoms with E-state index < -0.39 is 0 Å². The van der Waals surface area contributed by atoms with Crippen molar-refractivity contribution in [3.05, 3.63) is 41.3 Å². The minimum absolute atomic E-state index is 0. The number of aromatic nitrogens is 1. The lowest BCUT2D eigenvalue weighted by atomic mass is 10.1. The third-order valence-corrected chi connectivity index (χ3v) is 4.27. The van der Waals surface area contributed by atoms with Gasteiger partial charge in [-0.1, -0.05) is 25.1 Å². The van der Waals surface area contributed by atoms with Gasteiger partial charge in [0, 0.05) is 31.1 Å². The number of hydrogen-bond acceptors (Lipinski definition) is 5. The summed E-state index contributed by atoms with van der Waals surface area (Å²) < 4.78 is 16.4. The molecule has 0 aliphatic rings.